The van der Waals surface area contributed by atoms with Crippen molar-refractivity contribution in [2.24, 2.45) is 0 Å². The molecule has 0 spiro atoms. The van der Waals surface area contributed by atoms with Crippen molar-refractivity contribution in [3.05, 3.63) is 58.8 Å². The number of carboxylic acid groups (broad SMARTS) is 1. The number of carboxylic acids is 1. The lowest BCUT2D eigenvalue weighted by molar-refractivity contribution is -0.140. The summed E-state index contributed by atoms with van der Waals surface area (Å²) in [5.74, 6) is -1.75. The predicted molar refractivity (Wildman–Crippen MR) is 98.3 cm³/mol. The van der Waals surface area contributed by atoms with Gasteiger partial charge in [-0.05, 0) is 36.4 Å². The Kier molecular flexibility index (Phi) is 5.11. The first kappa shape index (κ1) is 19.2. The highest BCUT2D eigenvalue weighted by Gasteiger charge is 2.34. The third-order valence-corrected chi connectivity index (χ3v) is 5.06. The van der Waals surface area contributed by atoms with Crippen LogP contribution in [0.2, 0.25) is 0 Å². The standard InChI is InChI=1S/C17H11F3N2O3S2/c18-17(19,20)10-3-1-4-11(7-10)21-6-2-5-12(21)8-13-15(25)22(9-14(23)24)16(26)27-13/h1-8H,9H2,(H,23,24)/b13-8+. The molecule has 0 atom stereocenters. The highest BCUT2D eigenvalue weighted by atomic mass is 32.2. The molecule has 27 heavy (non-hydrogen) atoms. The normalized spacial score (nSPS) is 16.4. The Morgan fingerprint density at radius 1 is 1.26 bits per heavy atom. The molecule has 1 saturated heterocycles. The van der Waals surface area contributed by atoms with Gasteiger partial charge in [0.05, 0.1) is 10.5 Å². The van der Waals surface area contributed by atoms with E-state index in [0.29, 0.717) is 5.69 Å². The number of carbonyl (C=O) groups is 2. The zero-order valence-electron chi connectivity index (χ0n) is 13.4. The Bertz CT molecular complexity index is 966. The van der Waals surface area contributed by atoms with E-state index in [1.807, 2.05) is 0 Å². The van der Waals surface area contributed by atoms with Gasteiger partial charge in [-0.3, -0.25) is 14.5 Å². The zero-order valence-corrected chi connectivity index (χ0v) is 15.1. The van der Waals surface area contributed by atoms with Crippen LogP contribution >= 0.6 is 24.0 Å². The molecule has 0 unspecified atom stereocenters. The lowest BCUT2D eigenvalue weighted by Gasteiger charge is -2.11. The first-order chi connectivity index (χ1) is 12.7. The summed E-state index contributed by atoms with van der Waals surface area (Å²) in [4.78, 5) is 24.3. The van der Waals surface area contributed by atoms with Crippen molar-refractivity contribution in [3.8, 4) is 5.69 Å². The average Bonchev–Trinajstić information content (AvgIpc) is 3.14. The maximum Gasteiger partial charge on any atom is 0.416 e. The maximum absolute atomic E-state index is 12.9. The first-order valence-corrected chi connectivity index (χ1v) is 8.71. The molecule has 1 aromatic heterocycles. The number of halogens is 3. The highest BCUT2D eigenvalue weighted by molar-refractivity contribution is 8.26. The van der Waals surface area contributed by atoms with E-state index in [-0.39, 0.29) is 14.9 Å². The molecule has 3 rings (SSSR count). The van der Waals surface area contributed by atoms with Gasteiger partial charge in [0, 0.05) is 17.6 Å². The van der Waals surface area contributed by atoms with Crippen molar-refractivity contribution in [3.63, 3.8) is 0 Å². The van der Waals surface area contributed by atoms with Gasteiger partial charge in [-0.15, -0.1) is 0 Å². The maximum atomic E-state index is 12.9. The Hall–Kier alpha value is -2.59. The molecule has 10 heteroatoms. The van der Waals surface area contributed by atoms with E-state index in [1.165, 1.54) is 22.8 Å². The number of thioether (sulfide) groups is 1. The van der Waals surface area contributed by atoms with Gasteiger partial charge in [-0.2, -0.15) is 13.2 Å². The molecule has 0 saturated carbocycles. The van der Waals surface area contributed by atoms with Crippen LogP contribution in [0, 0.1) is 0 Å². The van der Waals surface area contributed by atoms with Crippen LogP contribution in [0.4, 0.5) is 13.2 Å². The van der Waals surface area contributed by atoms with Crippen molar-refractivity contribution in [2.45, 2.75) is 6.18 Å². The van der Waals surface area contributed by atoms with Crippen LogP contribution in [0.1, 0.15) is 11.3 Å². The number of thiocarbonyl (C=S) groups is 1. The minimum atomic E-state index is -4.47. The molecule has 1 amide bonds. The fourth-order valence-corrected chi connectivity index (χ4v) is 3.72. The third-order valence-electron chi connectivity index (χ3n) is 3.68. The number of nitrogens with zero attached hydrogens (tertiary/aromatic N) is 2. The van der Waals surface area contributed by atoms with Crippen LogP contribution in [-0.2, 0) is 15.8 Å². The second-order valence-electron chi connectivity index (χ2n) is 5.51. The van der Waals surface area contributed by atoms with E-state index in [4.69, 9.17) is 17.3 Å². The Balaban J connectivity index is 1.95. The number of alkyl halides is 3. The minimum absolute atomic E-state index is 0.117. The van der Waals surface area contributed by atoms with Gasteiger partial charge in [0.1, 0.15) is 10.9 Å². The van der Waals surface area contributed by atoms with Crippen LogP contribution < -0.4 is 0 Å². The number of amides is 1. The third kappa shape index (κ3) is 4.06. The number of benzene rings is 1. The Labute approximate surface area is 161 Å². The number of aromatic nitrogens is 1. The van der Waals surface area contributed by atoms with Crippen LogP contribution in [0.3, 0.4) is 0 Å². The predicted octanol–water partition coefficient (Wildman–Crippen LogP) is 3.78. The SMILES string of the molecule is O=C(O)CN1C(=O)/C(=C\c2cccn2-c2cccc(C(F)(F)F)c2)SC1=S. The van der Waals surface area contributed by atoms with Crippen molar-refractivity contribution in [1.82, 2.24) is 9.47 Å². The second-order valence-corrected chi connectivity index (χ2v) is 7.19. The van der Waals surface area contributed by atoms with Gasteiger partial charge in [0.25, 0.3) is 5.91 Å². The zero-order chi connectivity index (χ0) is 19.8. The van der Waals surface area contributed by atoms with E-state index in [0.717, 1.165) is 28.8 Å². The summed E-state index contributed by atoms with van der Waals surface area (Å²) in [7, 11) is 0. The summed E-state index contributed by atoms with van der Waals surface area (Å²) in [6.07, 6.45) is -1.43. The second kappa shape index (κ2) is 7.20. The van der Waals surface area contributed by atoms with Crippen molar-refractivity contribution in [2.75, 3.05) is 6.54 Å². The first-order valence-electron chi connectivity index (χ1n) is 7.49. The molecule has 1 aliphatic rings. The number of hydrogen-bond acceptors (Lipinski definition) is 4. The molecule has 1 aliphatic heterocycles. The summed E-state index contributed by atoms with van der Waals surface area (Å²) in [6.45, 7) is -0.545. The van der Waals surface area contributed by atoms with E-state index in [1.54, 1.807) is 18.3 Å². The van der Waals surface area contributed by atoms with Crippen LogP contribution in [0.25, 0.3) is 11.8 Å². The van der Waals surface area contributed by atoms with Gasteiger partial charge in [-0.25, -0.2) is 0 Å². The summed E-state index contributed by atoms with van der Waals surface area (Å²) < 4.78 is 40.4. The largest absolute Gasteiger partial charge is 0.480 e. The molecule has 1 aromatic carbocycles. The topological polar surface area (TPSA) is 62.5 Å². The van der Waals surface area contributed by atoms with Crippen LogP contribution in [-0.4, -0.2) is 37.3 Å². The van der Waals surface area contributed by atoms with Crippen molar-refractivity contribution >= 4 is 46.3 Å². The van der Waals surface area contributed by atoms with E-state index >= 15 is 0 Å². The fraction of sp³-hybridized carbons (Fsp3) is 0.118. The van der Waals surface area contributed by atoms with E-state index in [2.05, 4.69) is 0 Å². The summed E-state index contributed by atoms with van der Waals surface area (Å²) in [5, 5.41) is 8.86. The van der Waals surface area contributed by atoms with Gasteiger partial charge in [-0.1, -0.05) is 30.0 Å². The average molecular weight is 412 g/mol. The van der Waals surface area contributed by atoms with Gasteiger partial charge >= 0.3 is 12.1 Å². The Morgan fingerprint density at radius 3 is 2.67 bits per heavy atom. The number of aliphatic carboxylic acids is 1. The highest BCUT2D eigenvalue weighted by Crippen LogP contribution is 2.34. The molecule has 2 aromatic rings. The molecule has 5 nitrogen and oxygen atoms in total. The molecule has 140 valence electrons. The van der Waals surface area contributed by atoms with Crippen molar-refractivity contribution in [1.29, 1.82) is 0 Å². The molecule has 2 heterocycles. The quantitative estimate of drug-likeness (QED) is 0.612. The van der Waals surface area contributed by atoms with Crippen LogP contribution in [0.15, 0.2) is 47.5 Å². The van der Waals surface area contributed by atoms with Gasteiger partial charge < -0.3 is 9.67 Å². The van der Waals surface area contributed by atoms with Gasteiger partial charge in [0.2, 0.25) is 0 Å². The molecule has 1 fully saturated rings. The number of rotatable bonds is 4. The molecular weight excluding hydrogens is 401 g/mol. The molecule has 0 radical (unpaired) electrons. The molecule has 0 bridgehead atoms. The van der Waals surface area contributed by atoms with Gasteiger partial charge in [0.15, 0.2) is 0 Å². The molecule has 1 N–H and O–H groups in total. The smallest absolute Gasteiger partial charge is 0.416 e. The summed E-state index contributed by atoms with van der Waals surface area (Å²) in [6, 6.07) is 8.06. The molecule has 0 aliphatic carbocycles. The van der Waals surface area contributed by atoms with Crippen molar-refractivity contribution < 1.29 is 27.9 Å². The number of carbonyl (C=O) groups excluding carboxylic acids is 1. The van der Waals surface area contributed by atoms with Crippen LogP contribution in [0.5, 0.6) is 0 Å². The van der Waals surface area contributed by atoms with E-state index in [9.17, 15) is 22.8 Å². The summed E-state index contributed by atoms with van der Waals surface area (Å²) in [5.41, 5.74) is -0.0420. The molecular formula is C17H11F3N2O3S2. The Morgan fingerprint density at radius 2 is 2.00 bits per heavy atom. The van der Waals surface area contributed by atoms with E-state index < -0.39 is 30.2 Å². The number of hydrogen-bond donors (Lipinski definition) is 1. The fourth-order valence-electron chi connectivity index (χ4n) is 2.48. The minimum Gasteiger partial charge on any atom is -0.480 e. The lowest BCUT2D eigenvalue weighted by Crippen LogP contribution is -2.33. The lowest BCUT2D eigenvalue weighted by atomic mass is 10.2. The monoisotopic (exact) mass is 412 g/mol. The summed E-state index contributed by atoms with van der Waals surface area (Å²) >= 11 is 5.97.